The average Bonchev–Trinajstić information content (AvgIpc) is 2.61. The fourth-order valence-electron chi connectivity index (χ4n) is 1.56. The maximum absolute atomic E-state index is 11.5. The number of nitrogens with zero attached hydrogens (tertiary/aromatic N) is 2. The molecule has 0 bridgehead atoms. The van der Waals surface area contributed by atoms with Crippen molar-refractivity contribution in [3.63, 3.8) is 0 Å². The molecular weight excluding hydrogens is 226 g/mol. The normalized spacial score (nSPS) is 11.9. The van der Waals surface area contributed by atoms with Gasteiger partial charge in [-0.1, -0.05) is 12.1 Å². The van der Waals surface area contributed by atoms with Gasteiger partial charge in [0.05, 0.1) is 23.2 Å². The predicted octanol–water partition coefficient (Wildman–Crippen LogP) is 1.33. The van der Waals surface area contributed by atoms with Crippen LogP contribution in [-0.4, -0.2) is 24.0 Å². The predicted molar refractivity (Wildman–Crippen MR) is 63.8 cm³/mol. The zero-order valence-electron chi connectivity index (χ0n) is 9.14. The van der Waals surface area contributed by atoms with Crippen LogP contribution in [0.1, 0.15) is 6.92 Å². The highest BCUT2D eigenvalue weighted by atomic mass is 32.2. The number of rotatable bonds is 3. The lowest BCUT2D eigenvalue weighted by molar-refractivity contribution is 0.602. The van der Waals surface area contributed by atoms with Gasteiger partial charge in [-0.2, -0.15) is 5.10 Å². The first-order valence-corrected chi connectivity index (χ1v) is 6.60. The van der Waals surface area contributed by atoms with Crippen LogP contribution in [0.25, 0.3) is 10.9 Å². The molecule has 0 unspecified atom stereocenters. The summed E-state index contributed by atoms with van der Waals surface area (Å²) in [6.07, 6.45) is 1.71. The smallest absolute Gasteiger partial charge is 0.232 e. The highest BCUT2D eigenvalue weighted by molar-refractivity contribution is 7.92. The van der Waals surface area contributed by atoms with Gasteiger partial charge in [-0.15, -0.1) is 0 Å². The third kappa shape index (κ3) is 1.88. The molecule has 0 radical (unpaired) electrons. The van der Waals surface area contributed by atoms with E-state index in [1.165, 1.54) is 0 Å². The number of hydrogen-bond acceptors (Lipinski definition) is 3. The summed E-state index contributed by atoms with van der Waals surface area (Å²) in [5.41, 5.74) is 1.36. The molecule has 6 heteroatoms. The molecule has 16 heavy (non-hydrogen) atoms. The first-order chi connectivity index (χ1) is 7.53. The second-order valence-electron chi connectivity index (χ2n) is 3.52. The van der Waals surface area contributed by atoms with E-state index in [2.05, 4.69) is 9.82 Å². The van der Waals surface area contributed by atoms with E-state index in [9.17, 15) is 8.42 Å². The number of hydrogen-bond donors (Lipinski definition) is 1. The largest absolute Gasteiger partial charge is 0.281 e. The lowest BCUT2D eigenvalue weighted by Gasteiger charge is -2.08. The van der Waals surface area contributed by atoms with Gasteiger partial charge in [0, 0.05) is 12.4 Å². The van der Waals surface area contributed by atoms with Gasteiger partial charge >= 0.3 is 0 Å². The number of aromatic nitrogens is 2. The molecule has 0 amide bonds. The fraction of sp³-hybridized carbons (Fsp3) is 0.300. The number of fused-ring (bicyclic) bond motifs is 1. The van der Waals surface area contributed by atoms with E-state index in [1.807, 2.05) is 6.07 Å². The minimum Gasteiger partial charge on any atom is -0.281 e. The lowest BCUT2D eigenvalue weighted by atomic mass is 10.2. The number of anilines is 1. The minimum absolute atomic E-state index is 0.0568. The standard InChI is InChI=1S/C10H13N3O2S/c1-3-16(14,15)12-9-6-4-5-8-7-11-13(2)10(8)9/h4-7,12H,3H2,1-2H3. The van der Waals surface area contributed by atoms with E-state index in [-0.39, 0.29) is 5.75 Å². The second kappa shape index (κ2) is 3.79. The van der Waals surface area contributed by atoms with E-state index in [0.717, 1.165) is 10.9 Å². The van der Waals surface area contributed by atoms with Crippen molar-refractivity contribution in [1.29, 1.82) is 0 Å². The van der Waals surface area contributed by atoms with Crippen LogP contribution in [0.2, 0.25) is 0 Å². The minimum atomic E-state index is -3.25. The van der Waals surface area contributed by atoms with Crippen LogP contribution >= 0.6 is 0 Å². The van der Waals surface area contributed by atoms with E-state index in [1.54, 1.807) is 37.0 Å². The Kier molecular flexibility index (Phi) is 2.59. The van der Waals surface area contributed by atoms with Crippen LogP contribution in [0.5, 0.6) is 0 Å². The van der Waals surface area contributed by atoms with Crippen LogP contribution in [-0.2, 0) is 17.1 Å². The molecule has 1 heterocycles. The summed E-state index contributed by atoms with van der Waals surface area (Å²) in [7, 11) is -1.47. The molecule has 0 aliphatic carbocycles. The fourth-order valence-corrected chi connectivity index (χ4v) is 2.20. The Balaban J connectivity index is 2.57. The molecule has 0 saturated carbocycles. The molecule has 0 saturated heterocycles. The van der Waals surface area contributed by atoms with Crippen molar-refractivity contribution < 1.29 is 8.42 Å². The molecule has 0 aliphatic heterocycles. The third-order valence-corrected chi connectivity index (χ3v) is 3.70. The summed E-state index contributed by atoms with van der Waals surface area (Å²) < 4.78 is 27.2. The van der Waals surface area contributed by atoms with Crippen LogP contribution in [0, 0.1) is 0 Å². The summed E-state index contributed by atoms with van der Waals surface area (Å²) in [6, 6.07) is 5.43. The van der Waals surface area contributed by atoms with Gasteiger partial charge in [0.2, 0.25) is 10.0 Å². The third-order valence-electron chi connectivity index (χ3n) is 2.41. The topological polar surface area (TPSA) is 64.0 Å². The van der Waals surface area contributed by atoms with Crippen LogP contribution < -0.4 is 4.72 Å². The van der Waals surface area contributed by atoms with Crippen molar-refractivity contribution in [2.45, 2.75) is 6.92 Å². The Labute approximate surface area is 94.1 Å². The average molecular weight is 239 g/mol. The monoisotopic (exact) mass is 239 g/mol. The molecule has 2 aromatic rings. The van der Waals surface area contributed by atoms with Crippen molar-refractivity contribution in [3.8, 4) is 0 Å². The summed E-state index contributed by atoms with van der Waals surface area (Å²) in [6.45, 7) is 1.60. The van der Waals surface area contributed by atoms with Crippen molar-refractivity contribution in [1.82, 2.24) is 9.78 Å². The molecule has 0 fully saturated rings. The maximum Gasteiger partial charge on any atom is 0.232 e. The molecular formula is C10H13N3O2S. The Morgan fingerprint density at radius 3 is 2.88 bits per heavy atom. The van der Waals surface area contributed by atoms with E-state index in [4.69, 9.17) is 0 Å². The molecule has 0 spiro atoms. The number of benzene rings is 1. The molecule has 1 N–H and O–H groups in total. The van der Waals surface area contributed by atoms with Gasteiger partial charge in [-0.25, -0.2) is 8.42 Å². The van der Waals surface area contributed by atoms with E-state index in [0.29, 0.717) is 5.69 Å². The van der Waals surface area contributed by atoms with E-state index < -0.39 is 10.0 Å². The van der Waals surface area contributed by atoms with Gasteiger partial charge in [0.1, 0.15) is 0 Å². The van der Waals surface area contributed by atoms with Crippen LogP contribution in [0.15, 0.2) is 24.4 Å². The van der Waals surface area contributed by atoms with Gasteiger partial charge in [-0.3, -0.25) is 9.40 Å². The van der Waals surface area contributed by atoms with Crippen LogP contribution in [0.4, 0.5) is 5.69 Å². The Hall–Kier alpha value is -1.56. The molecule has 1 aromatic heterocycles. The number of sulfonamides is 1. The van der Waals surface area contributed by atoms with Crippen molar-refractivity contribution in [3.05, 3.63) is 24.4 Å². The van der Waals surface area contributed by atoms with Crippen LogP contribution in [0.3, 0.4) is 0 Å². The van der Waals surface area contributed by atoms with Gasteiger partial charge in [0.15, 0.2) is 0 Å². The first kappa shape index (κ1) is 10.9. The summed E-state index contributed by atoms with van der Waals surface area (Å²) in [5, 5.41) is 5.01. The van der Waals surface area contributed by atoms with Gasteiger partial charge in [0.25, 0.3) is 0 Å². The number of nitrogens with one attached hydrogen (secondary N) is 1. The number of aryl methyl sites for hydroxylation is 1. The highest BCUT2D eigenvalue weighted by Gasteiger charge is 2.11. The summed E-state index contributed by atoms with van der Waals surface area (Å²) >= 11 is 0. The molecule has 5 nitrogen and oxygen atoms in total. The molecule has 86 valence electrons. The Morgan fingerprint density at radius 2 is 2.19 bits per heavy atom. The number of para-hydroxylation sites is 1. The molecule has 0 aliphatic rings. The van der Waals surface area contributed by atoms with Crippen molar-refractivity contribution >= 4 is 26.6 Å². The highest BCUT2D eigenvalue weighted by Crippen LogP contribution is 2.23. The lowest BCUT2D eigenvalue weighted by Crippen LogP contribution is -2.15. The molecule has 0 atom stereocenters. The zero-order valence-corrected chi connectivity index (χ0v) is 9.95. The molecule has 2 rings (SSSR count). The molecule has 1 aromatic carbocycles. The summed E-state index contributed by atoms with van der Waals surface area (Å²) in [4.78, 5) is 0. The second-order valence-corrected chi connectivity index (χ2v) is 5.53. The zero-order chi connectivity index (χ0) is 11.8. The van der Waals surface area contributed by atoms with Gasteiger partial charge in [-0.05, 0) is 13.0 Å². The van der Waals surface area contributed by atoms with Crippen molar-refractivity contribution in [2.75, 3.05) is 10.5 Å². The van der Waals surface area contributed by atoms with Crippen molar-refractivity contribution in [2.24, 2.45) is 7.05 Å². The van der Waals surface area contributed by atoms with Gasteiger partial charge < -0.3 is 0 Å². The van der Waals surface area contributed by atoms with E-state index >= 15 is 0 Å². The maximum atomic E-state index is 11.5. The summed E-state index contributed by atoms with van der Waals surface area (Å²) in [5.74, 6) is 0.0568. The Bertz CT molecular complexity index is 616. The Morgan fingerprint density at radius 1 is 1.44 bits per heavy atom. The first-order valence-electron chi connectivity index (χ1n) is 4.94. The quantitative estimate of drug-likeness (QED) is 0.879. The SMILES string of the molecule is CCS(=O)(=O)Nc1cccc2cnn(C)c12.